The lowest BCUT2D eigenvalue weighted by atomic mass is 10.2. The van der Waals surface area contributed by atoms with Crippen LogP contribution in [0.15, 0.2) is 29.3 Å². The summed E-state index contributed by atoms with van der Waals surface area (Å²) in [5.41, 5.74) is 3.13. The average Bonchev–Trinajstić information content (AvgIpc) is 2.82. The minimum atomic E-state index is -4.86. The summed E-state index contributed by atoms with van der Waals surface area (Å²) < 4.78 is 63.2. The molecule has 0 saturated heterocycles. The van der Waals surface area contributed by atoms with E-state index in [-0.39, 0.29) is 16.1 Å². The van der Waals surface area contributed by atoms with Crippen molar-refractivity contribution in [2.75, 3.05) is 6.26 Å². The first-order valence-corrected chi connectivity index (χ1v) is 8.08. The molecule has 2 rings (SSSR count). The first-order valence-electron chi connectivity index (χ1n) is 6.19. The summed E-state index contributed by atoms with van der Waals surface area (Å²) in [5.74, 6) is -1.26. The number of alkyl halides is 3. The molecule has 0 radical (unpaired) electrons. The zero-order valence-corrected chi connectivity index (χ0v) is 12.9. The number of carbonyl (C=O) groups excluding carboxylic acids is 1. The third-order valence-corrected chi connectivity index (χ3v) is 4.24. The van der Waals surface area contributed by atoms with Gasteiger partial charge in [-0.3, -0.25) is 4.79 Å². The molecular formula is C13H12F3N3O3S. The van der Waals surface area contributed by atoms with Crippen LogP contribution in [0.5, 0.6) is 0 Å². The summed E-state index contributed by atoms with van der Waals surface area (Å²) in [6, 6.07) is 3.60. The van der Waals surface area contributed by atoms with Gasteiger partial charge in [-0.15, -0.1) is 0 Å². The van der Waals surface area contributed by atoms with E-state index in [9.17, 15) is 26.4 Å². The van der Waals surface area contributed by atoms with Crippen LogP contribution in [0.4, 0.5) is 13.2 Å². The van der Waals surface area contributed by atoms with Gasteiger partial charge in [0, 0.05) is 6.26 Å². The van der Waals surface area contributed by atoms with Gasteiger partial charge in [-0.2, -0.15) is 18.3 Å². The molecule has 0 spiro atoms. The van der Waals surface area contributed by atoms with Gasteiger partial charge in [0.2, 0.25) is 0 Å². The van der Waals surface area contributed by atoms with E-state index in [0.717, 1.165) is 12.5 Å². The van der Waals surface area contributed by atoms with Gasteiger partial charge in [0.05, 0.1) is 22.3 Å². The number of amides is 1. The topological polar surface area (TPSA) is 95.1 Å². The quantitative estimate of drug-likeness (QED) is 0.914. The number of sulfone groups is 1. The third kappa shape index (κ3) is 3.21. The van der Waals surface area contributed by atoms with Gasteiger partial charge >= 0.3 is 6.18 Å². The lowest BCUT2D eigenvalue weighted by Gasteiger charge is -2.14. The molecule has 1 aromatic carbocycles. The summed E-state index contributed by atoms with van der Waals surface area (Å²) in [4.78, 5) is 11.1. The zero-order valence-electron chi connectivity index (χ0n) is 12.0. The van der Waals surface area contributed by atoms with Crippen molar-refractivity contribution in [3.05, 3.63) is 41.2 Å². The highest BCUT2D eigenvalue weighted by atomic mass is 32.2. The molecular weight excluding hydrogens is 335 g/mol. The highest BCUT2D eigenvalue weighted by Gasteiger charge is 2.40. The normalized spacial score (nSPS) is 12.4. The number of aryl methyl sites for hydroxylation is 1. The maximum atomic E-state index is 13.2. The van der Waals surface area contributed by atoms with E-state index >= 15 is 0 Å². The largest absolute Gasteiger partial charge is 0.434 e. The minimum absolute atomic E-state index is 0.00257. The van der Waals surface area contributed by atoms with Crippen molar-refractivity contribution in [3.8, 4) is 5.69 Å². The number of nitrogens with zero attached hydrogens (tertiary/aromatic N) is 2. The number of nitrogens with two attached hydrogens (primary N) is 1. The van der Waals surface area contributed by atoms with E-state index in [2.05, 4.69) is 5.10 Å². The lowest BCUT2D eigenvalue weighted by Crippen LogP contribution is -2.21. The molecule has 1 aromatic heterocycles. The van der Waals surface area contributed by atoms with Crippen LogP contribution in [-0.2, 0) is 16.0 Å². The molecule has 0 aliphatic rings. The first kappa shape index (κ1) is 17.0. The maximum absolute atomic E-state index is 13.2. The van der Waals surface area contributed by atoms with Gasteiger partial charge < -0.3 is 5.73 Å². The molecule has 2 N–H and O–H groups in total. The first-order chi connectivity index (χ1) is 10.4. The molecule has 0 aliphatic carbocycles. The van der Waals surface area contributed by atoms with Crippen LogP contribution in [0.3, 0.4) is 0 Å². The Morgan fingerprint density at radius 2 is 1.91 bits per heavy atom. The van der Waals surface area contributed by atoms with Gasteiger partial charge in [0.15, 0.2) is 15.5 Å². The summed E-state index contributed by atoms with van der Waals surface area (Å²) in [7, 11) is -3.50. The Balaban J connectivity index is 2.71. The van der Waals surface area contributed by atoms with Crippen LogP contribution in [-0.4, -0.2) is 30.4 Å². The molecule has 6 nitrogen and oxygen atoms in total. The van der Waals surface area contributed by atoms with Crippen LogP contribution < -0.4 is 5.73 Å². The molecule has 1 heterocycles. The standard InChI is InChI=1S/C13H12F3N3O3S/c1-7-5-8(23(2,21)22)3-4-10(7)19-11(13(14,15)16)9(6-18-19)12(17)20/h3-6H,1-2H3,(H2,17,20). The van der Waals surface area contributed by atoms with Gasteiger partial charge in [0.25, 0.3) is 5.91 Å². The van der Waals surface area contributed by atoms with Crippen LogP contribution >= 0.6 is 0 Å². The molecule has 124 valence electrons. The molecule has 0 fully saturated rings. The van der Waals surface area contributed by atoms with Gasteiger partial charge in [-0.1, -0.05) is 0 Å². The van der Waals surface area contributed by atoms with E-state index in [4.69, 9.17) is 5.73 Å². The third-order valence-electron chi connectivity index (χ3n) is 3.13. The molecule has 0 bridgehead atoms. The second-order valence-corrected chi connectivity index (χ2v) is 6.92. The Bertz CT molecular complexity index is 886. The number of halogens is 3. The molecule has 1 amide bonds. The summed E-state index contributed by atoms with van der Waals surface area (Å²) in [5, 5.41) is 3.57. The van der Waals surface area contributed by atoms with E-state index < -0.39 is 33.2 Å². The van der Waals surface area contributed by atoms with Crippen molar-refractivity contribution in [1.82, 2.24) is 9.78 Å². The van der Waals surface area contributed by atoms with E-state index in [1.807, 2.05) is 0 Å². The van der Waals surface area contributed by atoms with Crippen molar-refractivity contribution < 1.29 is 26.4 Å². The second kappa shape index (κ2) is 5.37. The number of primary amides is 1. The lowest BCUT2D eigenvalue weighted by molar-refractivity contribution is -0.143. The Hall–Kier alpha value is -2.36. The van der Waals surface area contributed by atoms with Gasteiger partial charge in [0.1, 0.15) is 0 Å². The van der Waals surface area contributed by atoms with Crippen molar-refractivity contribution in [2.45, 2.75) is 18.0 Å². The van der Waals surface area contributed by atoms with E-state index in [0.29, 0.717) is 4.68 Å². The molecule has 23 heavy (non-hydrogen) atoms. The van der Waals surface area contributed by atoms with Crippen molar-refractivity contribution in [1.29, 1.82) is 0 Å². The average molecular weight is 347 g/mol. The Morgan fingerprint density at radius 1 is 1.30 bits per heavy atom. The fraction of sp³-hybridized carbons (Fsp3) is 0.231. The molecule has 2 aromatic rings. The minimum Gasteiger partial charge on any atom is -0.365 e. The zero-order chi connectivity index (χ0) is 17.6. The van der Waals surface area contributed by atoms with Gasteiger partial charge in [-0.25, -0.2) is 13.1 Å². The van der Waals surface area contributed by atoms with Crippen LogP contribution in [0.25, 0.3) is 5.69 Å². The molecule has 0 aliphatic heterocycles. The molecule has 0 atom stereocenters. The number of aromatic nitrogens is 2. The van der Waals surface area contributed by atoms with Gasteiger partial charge in [-0.05, 0) is 30.7 Å². The Labute approximate surface area is 129 Å². The van der Waals surface area contributed by atoms with Crippen LogP contribution in [0.2, 0.25) is 0 Å². The number of benzene rings is 1. The highest BCUT2D eigenvalue weighted by Crippen LogP contribution is 2.34. The van der Waals surface area contributed by atoms with Crippen molar-refractivity contribution in [3.63, 3.8) is 0 Å². The van der Waals surface area contributed by atoms with Crippen molar-refractivity contribution in [2.24, 2.45) is 5.73 Å². The molecule has 0 unspecified atom stereocenters. The summed E-state index contributed by atoms with van der Waals surface area (Å²) in [6.07, 6.45) is -3.14. The number of hydrogen-bond donors (Lipinski definition) is 1. The van der Waals surface area contributed by atoms with E-state index in [1.54, 1.807) is 0 Å². The maximum Gasteiger partial charge on any atom is 0.434 e. The predicted octanol–water partition coefficient (Wildman–Crippen LogP) is 1.70. The summed E-state index contributed by atoms with van der Waals surface area (Å²) >= 11 is 0. The smallest absolute Gasteiger partial charge is 0.365 e. The second-order valence-electron chi connectivity index (χ2n) is 4.90. The molecule has 10 heteroatoms. The van der Waals surface area contributed by atoms with E-state index in [1.165, 1.54) is 25.1 Å². The monoisotopic (exact) mass is 347 g/mol. The Morgan fingerprint density at radius 3 is 2.35 bits per heavy atom. The SMILES string of the molecule is Cc1cc(S(C)(=O)=O)ccc1-n1ncc(C(N)=O)c1C(F)(F)F. The predicted molar refractivity (Wildman–Crippen MR) is 74.9 cm³/mol. The highest BCUT2D eigenvalue weighted by molar-refractivity contribution is 7.90. The fourth-order valence-corrected chi connectivity index (χ4v) is 2.79. The fourth-order valence-electron chi connectivity index (χ4n) is 2.08. The van der Waals surface area contributed by atoms with Crippen LogP contribution in [0.1, 0.15) is 21.6 Å². The summed E-state index contributed by atoms with van der Waals surface area (Å²) in [6.45, 7) is 1.44. The number of carbonyl (C=O) groups is 1. The van der Waals surface area contributed by atoms with Crippen molar-refractivity contribution >= 4 is 15.7 Å². The Kier molecular flexibility index (Phi) is 3.97. The number of rotatable bonds is 3. The molecule has 0 saturated carbocycles. The van der Waals surface area contributed by atoms with Crippen LogP contribution in [0, 0.1) is 6.92 Å². The number of hydrogen-bond acceptors (Lipinski definition) is 4.